The van der Waals surface area contributed by atoms with Gasteiger partial charge < -0.3 is 14.2 Å². The highest BCUT2D eigenvalue weighted by Gasteiger charge is 2.16. The number of amides is 1. The lowest BCUT2D eigenvalue weighted by molar-refractivity contribution is -0.123. The van der Waals surface area contributed by atoms with Gasteiger partial charge in [-0.05, 0) is 73.0 Å². The van der Waals surface area contributed by atoms with E-state index in [1.165, 1.54) is 25.5 Å². The molecule has 0 heterocycles. The van der Waals surface area contributed by atoms with Crippen LogP contribution in [0.25, 0.3) is 0 Å². The first-order valence-corrected chi connectivity index (χ1v) is 10.9. The molecule has 0 atom stereocenters. The molecule has 7 nitrogen and oxygen atoms in total. The number of halogens is 2. The number of carbonyl (C=O) groups is 2. The van der Waals surface area contributed by atoms with E-state index in [0.29, 0.717) is 22.1 Å². The predicted octanol–water partition coefficient (Wildman–Crippen LogP) is 5.37. The molecule has 0 fully saturated rings. The van der Waals surface area contributed by atoms with E-state index in [0.717, 1.165) is 11.1 Å². The van der Waals surface area contributed by atoms with E-state index in [9.17, 15) is 9.59 Å². The number of hydrazone groups is 1. The van der Waals surface area contributed by atoms with Crippen molar-refractivity contribution < 1.29 is 23.8 Å². The molecule has 0 bridgehead atoms. The van der Waals surface area contributed by atoms with E-state index in [1.54, 1.807) is 30.3 Å². The lowest BCUT2D eigenvalue weighted by Crippen LogP contribution is -2.24. The van der Waals surface area contributed by atoms with Gasteiger partial charge in [0.2, 0.25) is 0 Å². The maximum Gasteiger partial charge on any atom is 0.345 e. The smallest absolute Gasteiger partial charge is 0.345 e. The van der Waals surface area contributed by atoms with E-state index in [2.05, 4.69) is 10.5 Å². The SMILES string of the molecule is COc1cc(/C=N/NC(=O)COc2cccc(C)c2C)ccc1OC(=O)c1ccc(Cl)cc1Cl. The topological polar surface area (TPSA) is 86.2 Å². The number of nitrogens with one attached hydrogen (secondary N) is 1. The van der Waals surface area contributed by atoms with Crippen molar-refractivity contribution in [1.82, 2.24) is 5.43 Å². The van der Waals surface area contributed by atoms with Gasteiger partial charge in [0.1, 0.15) is 5.75 Å². The van der Waals surface area contributed by atoms with Crippen LogP contribution in [-0.2, 0) is 4.79 Å². The lowest BCUT2D eigenvalue weighted by atomic mass is 10.1. The maximum atomic E-state index is 12.5. The van der Waals surface area contributed by atoms with Crippen LogP contribution in [0, 0.1) is 13.8 Å². The van der Waals surface area contributed by atoms with Crippen molar-refractivity contribution in [3.63, 3.8) is 0 Å². The number of rotatable bonds is 8. The second-order valence-electron chi connectivity index (χ2n) is 7.20. The molecule has 0 spiro atoms. The van der Waals surface area contributed by atoms with Crippen LogP contribution in [0.2, 0.25) is 10.0 Å². The van der Waals surface area contributed by atoms with E-state index >= 15 is 0 Å². The largest absolute Gasteiger partial charge is 0.493 e. The molecule has 0 aliphatic rings. The van der Waals surface area contributed by atoms with Gasteiger partial charge in [0, 0.05) is 5.02 Å². The van der Waals surface area contributed by atoms with Gasteiger partial charge in [-0.3, -0.25) is 4.79 Å². The van der Waals surface area contributed by atoms with E-state index < -0.39 is 11.9 Å². The Labute approximate surface area is 207 Å². The molecular formula is C25H22Cl2N2O5. The predicted molar refractivity (Wildman–Crippen MR) is 132 cm³/mol. The number of aryl methyl sites for hydroxylation is 1. The monoisotopic (exact) mass is 500 g/mol. The zero-order chi connectivity index (χ0) is 24.7. The van der Waals surface area contributed by atoms with Crippen molar-refractivity contribution in [2.75, 3.05) is 13.7 Å². The molecule has 0 saturated carbocycles. The van der Waals surface area contributed by atoms with Crippen LogP contribution >= 0.6 is 23.2 Å². The molecule has 3 aromatic carbocycles. The summed E-state index contributed by atoms with van der Waals surface area (Å²) in [6.07, 6.45) is 1.43. The third-order valence-corrected chi connectivity index (χ3v) is 5.41. The Morgan fingerprint density at radius 2 is 1.79 bits per heavy atom. The van der Waals surface area contributed by atoms with E-state index in [1.807, 2.05) is 26.0 Å². The molecule has 3 aromatic rings. The van der Waals surface area contributed by atoms with Crippen LogP contribution in [-0.4, -0.2) is 31.8 Å². The highest BCUT2D eigenvalue weighted by Crippen LogP contribution is 2.30. The third kappa shape index (κ3) is 6.50. The van der Waals surface area contributed by atoms with Gasteiger partial charge in [-0.15, -0.1) is 0 Å². The number of carbonyl (C=O) groups excluding carboxylic acids is 2. The van der Waals surface area contributed by atoms with Crippen molar-refractivity contribution in [3.05, 3.63) is 86.9 Å². The molecule has 1 N–H and O–H groups in total. The average Bonchev–Trinajstić information content (AvgIpc) is 2.80. The molecule has 0 radical (unpaired) electrons. The van der Waals surface area contributed by atoms with Gasteiger partial charge in [0.25, 0.3) is 5.91 Å². The van der Waals surface area contributed by atoms with E-state index in [-0.39, 0.29) is 22.9 Å². The van der Waals surface area contributed by atoms with Crippen LogP contribution in [0.3, 0.4) is 0 Å². The molecule has 0 aromatic heterocycles. The molecule has 3 rings (SSSR count). The first-order chi connectivity index (χ1) is 16.3. The fourth-order valence-electron chi connectivity index (χ4n) is 2.89. The molecule has 176 valence electrons. The summed E-state index contributed by atoms with van der Waals surface area (Å²) in [5.74, 6) is 0.0782. The summed E-state index contributed by atoms with van der Waals surface area (Å²) in [5, 5.41) is 4.52. The number of benzene rings is 3. The van der Waals surface area contributed by atoms with Gasteiger partial charge in [0.05, 0.1) is 23.9 Å². The highest BCUT2D eigenvalue weighted by atomic mass is 35.5. The number of nitrogens with zero attached hydrogens (tertiary/aromatic N) is 1. The summed E-state index contributed by atoms with van der Waals surface area (Å²) < 4.78 is 16.3. The fourth-order valence-corrected chi connectivity index (χ4v) is 3.38. The summed E-state index contributed by atoms with van der Waals surface area (Å²) in [5.41, 5.74) is 5.24. The van der Waals surface area contributed by atoms with Crippen LogP contribution in [0.1, 0.15) is 27.0 Å². The number of ether oxygens (including phenoxy) is 3. The van der Waals surface area contributed by atoms with Crippen LogP contribution < -0.4 is 19.6 Å². The number of methoxy groups -OCH3 is 1. The summed E-state index contributed by atoms with van der Waals surface area (Å²) >= 11 is 11.9. The molecular weight excluding hydrogens is 479 g/mol. The molecule has 0 saturated heterocycles. The zero-order valence-electron chi connectivity index (χ0n) is 18.7. The Morgan fingerprint density at radius 3 is 2.53 bits per heavy atom. The Morgan fingerprint density at radius 1 is 1.00 bits per heavy atom. The van der Waals surface area contributed by atoms with Crippen molar-refractivity contribution in [2.45, 2.75) is 13.8 Å². The fraction of sp³-hybridized carbons (Fsp3) is 0.160. The number of hydrogen-bond donors (Lipinski definition) is 1. The number of esters is 1. The number of hydrogen-bond acceptors (Lipinski definition) is 6. The minimum Gasteiger partial charge on any atom is -0.493 e. The molecule has 1 amide bonds. The van der Waals surface area contributed by atoms with E-state index in [4.69, 9.17) is 37.4 Å². The quantitative estimate of drug-likeness (QED) is 0.194. The van der Waals surface area contributed by atoms with Gasteiger partial charge in [-0.25, -0.2) is 10.2 Å². The second-order valence-corrected chi connectivity index (χ2v) is 8.05. The van der Waals surface area contributed by atoms with Gasteiger partial charge in [-0.1, -0.05) is 35.3 Å². The van der Waals surface area contributed by atoms with Gasteiger partial charge >= 0.3 is 5.97 Å². The Kier molecular flexibility index (Phi) is 8.51. The Hall–Kier alpha value is -3.55. The van der Waals surface area contributed by atoms with Gasteiger partial charge in [-0.2, -0.15) is 5.10 Å². The summed E-state index contributed by atoms with van der Waals surface area (Å²) in [4.78, 5) is 24.5. The highest BCUT2D eigenvalue weighted by molar-refractivity contribution is 6.36. The average molecular weight is 501 g/mol. The Balaban J connectivity index is 1.59. The van der Waals surface area contributed by atoms with Crippen LogP contribution in [0.15, 0.2) is 59.7 Å². The molecule has 0 aliphatic heterocycles. The minimum absolute atomic E-state index is 0.171. The minimum atomic E-state index is -0.655. The molecule has 0 aliphatic carbocycles. The first-order valence-electron chi connectivity index (χ1n) is 10.1. The molecule has 34 heavy (non-hydrogen) atoms. The summed E-state index contributed by atoms with van der Waals surface area (Å²) in [7, 11) is 1.44. The summed E-state index contributed by atoms with van der Waals surface area (Å²) in [6.45, 7) is 3.73. The second kappa shape index (κ2) is 11.5. The van der Waals surface area contributed by atoms with Crippen LogP contribution in [0.4, 0.5) is 0 Å². The molecule has 0 unspecified atom stereocenters. The third-order valence-electron chi connectivity index (χ3n) is 4.86. The van der Waals surface area contributed by atoms with Gasteiger partial charge in [0.15, 0.2) is 18.1 Å². The molecule has 9 heteroatoms. The van der Waals surface area contributed by atoms with Crippen LogP contribution in [0.5, 0.6) is 17.2 Å². The summed E-state index contributed by atoms with van der Waals surface area (Å²) in [6, 6.07) is 14.9. The first kappa shape index (κ1) is 25.1. The normalized spacial score (nSPS) is 10.7. The van der Waals surface area contributed by atoms with Crippen molar-refractivity contribution in [2.24, 2.45) is 5.10 Å². The maximum absolute atomic E-state index is 12.5. The van der Waals surface area contributed by atoms with Crippen molar-refractivity contribution >= 4 is 41.3 Å². The zero-order valence-corrected chi connectivity index (χ0v) is 20.2. The van der Waals surface area contributed by atoms with Crippen molar-refractivity contribution in [3.8, 4) is 17.2 Å². The Bertz CT molecular complexity index is 1240. The van der Waals surface area contributed by atoms with Crippen molar-refractivity contribution in [1.29, 1.82) is 0 Å². The standard InChI is InChI=1S/C25H22Cl2N2O5/c1-15-5-4-6-21(16(15)2)33-14-24(30)29-28-13-17-7-10-22(23(11-17)32-3)34-25(31)19-9-8-18(26)12-20(19)27/h4-13H,14H2,1-3H3,(H,29,30)/b28-13+. The lowest BCUT2D eigenvalue weighted by Gasteiger charge is -2.11.